The van der Waals surface area contributed by atoms with E-state index in [9.17, 15) is 9.59 Å². The number of rotatable bonds is 5. The van der Waals surface area contributed by atoms with Crippen molar-refractivity contribution in [3.8, 4) is 5.75 Å². The molecule has 2 N–H and O–H groups in total. The Labute approximate surface area is 141 Å². The number of amides is 1. The van der Waals surface area contributed by atoms with Gasteiger partial charge in [-0.25, -0.2) is 0 Å². The molecule has 0 saturated carbocycles. The van der Waals surface area contributed by atoms with Gasteiger partial charge >= 0.3 is 5.97 Å². The van der Waals surface area contributed by atoms with Crippen LogP contribution in [0.15, 0.2) is 36.4 Å². The van der Waals surface area contributed by atoms with Crippen LogP contribution in [0.1, 0.15) is 39.9 Å². The van der Waals surface area contributed by atoms with Crippen molar-refractivity contribution >= 4 is 17.6 Å². The molecule has 0 fully saturated rings. The van der Waals surface area contributed by atoms with Gasteiger partial charge in [0.15, 0.2) is 0 Å². The van der Waals surface area contributed by atoms with E-state index < -0.39 is 11.9 Å². The van der Waals surface area contributed by atoms with Crippen LogP contribution in [0.4, 0.5) is 5.69 Å². The van der Waals surface area contributed by atoms with E-state index in [-0.39, 0.29) is 5.91 Å². The van der Waals surface area contributed by atoms with Crippen LogP contribution < -0.4 is 10.1 Å². The highest BCUT2D eigenvalue weighted by Crippen LogP contribution is 2.25. The fraction of sp³-hybridized carbons (Fsp3) is 0.263. The van der Waals surface area contributed by atoms with Crippen LogP contribution in [0.2, 0.25) is 0 Å². The van der Waals surface area contributed by atoms with Crippen molar-refractivity contribution in [1.29, 1.82) is 0 Å². The maximum Gasteiger partial charge on any atom is 0.310 e. The lowest BCUT2D eigenvalue weighted by atomic mass is 10.0. The maximum absolute atomic E-state index is 12.4. The van der Waals surface area contributed by atoms with Gasteiger partial charge in [-0.1, -0.05) is 12.1 Å². The van der Waals surface area contributed by atoms with Gasteiger partial charge in [0.25, 0.3) is 5.91 Å². The molecule has 126 valence electrons. The first-order chi connectivity index (χ1) is 11.3. The minimum atomic E-state index is -0.879. The number of carboxylic acids is 1. The number of ether oxygens (including phenoxy) is 1. The topological polar surface area (TPSA) is 75.6 Å². The standard InChI is InChI=1S/C19H21NO4/c1-11-9-15(10-12(2)17(11)24-4)18(21)20-16-7-5-14(6-8-16)13(3)19(22)23/h5-10,13H,1-4H3,(H,20,21)(H,22,23). The van der Waals surface area contributed by atoms with Crippen molar-refractivity contribution < 1.29 is 19.4 Å². The second-order valence-corrected chi connectivity index (χ2v) is 5.78. The molecule has 0 aliphatic heterocycles. The molecule has 2 aromatic rings. The third-order valence-electron chi connectivity index (χ3n) is 3.97. The molecule has 5 nitrogen and oxygen atoms in total. The van der Waals surface area contributed by atoms with Gasteiger partial charge in [-0.3, -0.25) is 9.59 Å². The average Bonchev–Trinajstić information content (AvgIpc) is 2.54. The number of aryl methyl sites for hydroxylation is 2. The lowest BCUT2D eigenvalue weighted by Crippen LogP contribution is -2.13. The Balaban J connectivity index is 2.17. The summed E-state index contributed by atoms with van der Waals surface area (Å²) in [6.45, 7) is 5.41. The molecule has 0 bridgehead atoms. The molecule has 24 heavy (non-hydrogen) atoms. The Morgan fingerprint density at radius 2 is 1.62 bits per heavy atom. The molecule has 0 radical (unpaired) electrons. The summed E-state index contributed by atoms with van der Waals surface area (Å²) in [5, 5.41) is 11.8. The summed E-state index contributed by atoms with van der Waals surface area (Å²) in [6.07, 6.45) is 0. The van der Waals surface area contributed by atoms with Gasteiger partial charge in [-0.15, -0.1) is 0 Å². The Hall–Kier alpha value is -2.82. The quantitative estimate of drug-likeness (QED) is 0.877. The average molecular weight is 327 g/mol. The van der Waals surface area contributed by atoms with E-state index in [0.29, 0.717) is 16.8 Å². The number of carbonyl (C=O) groups excluding carboxylic acids is 1. The first-order valence-corrected chi connectivity index (χ1v) is 7.62. The minimum absolute atomic E-state index is 0.220. The van der Waals surface area contributed by atoms with Crippen molar-refractivity contribution in [2.75, 3.05) is 12.4 Å². The first-order valence-electron chi connectivity index (χ1n) is 7.62. The van der Waals surface area contributed by atoms with Crippen LogP contribution in [0.3, 0.4) is 0 Å². The summed E-state index contributed by atoms with van der Waals surface area (Å²) in [7, 11) is 1.61. The summed E-state index contributed by atoms with van der Waals surface area (Å²) >= 11 is 0. The second kappa shape index (κ2) is 7.17. The highest BCUT2D eigenvalue weighted by Gasteiger charge is 2.14. The van der Waals surface area contributed by atoms with Gasteiger partial charge < -0.3 is 15.2 Å². The van der Waals surface area contributed by atoms with E-state index in [0.717, 1.165) is 16.9 Å². The van der Waals surface area contributed by atoms with Crippen LogP contribution in [0, 0.1) is 13.8 Å². The summed E-state index contributed by atoms with van der Waals surface area (Å²) in [6, 6.07) is 10.4. The van der Waals surface area contributed by atoms with Gasteiger partial charge in [0, 0.05) is 11.3 Å². The zero-order valence-corrected chi connectivity index (χ0v) is 14.2. The fourth-order valence-electron chi connectivity index (χ4n) is 2.60. The van der Waals surface area contributed by atoms with Crippen molar-refractivity contribution in [2.24, 2.45) is 0 Å². The summed E-state index contributed by atoms with van der Waals surface area (Å²) in [4.78, 5) is 23.4. The Morgan fingerprint density at radius 3 is 2.08 bits per heavy atom. The number of benzene rings is 2. The van der Waals surface area contributed by atoms with Crippen LogP contribution in [0.25, 0.3) is 0 Å². The zero-order chi connectivity index (χ0) is 17.9. The molecule has 0 aliphatic rings. The molecule has 1 atom stereocenters. The van der Waals surface area contributed by atoms with Gasteiger partial charge in [-0.2, -0.15) is 0 Å². The normalized spacial score (nSPS) is 11.7. The molecule has 2 rings (SSSR count). The molecule has 0 spiro atoms. The van der Waals surface area contributed by atoms with Gasteiger partial charge in [0.05, 0.1) is 13.0 Å². The molecule has 0 aromatic heterocycles. The van der Waals surface area contributed by atoms with Gasteiger partial charge in [-0.05, 0) is 61.7 Å². The number of carboxylic acid groups (broad SMARTS) is 1. The number of hydrogen-bond acceptors (Lipinski definition) is 3. The van der Waals surface area contributed by atoms with Crippen molar-refractivity contribution in [3.63, 3.8) is 0 Å². The van der Waals surface area contributed by atoms with Crippen LogP contribution in [0.5, 0.6) is 5.75 Å². The fourth-order valence-corrected chi connectivity index (χ4v) is 2.60. The highest BCUT2D eigenvalue weighted by atomic mass is 16.5. The second-order valence-electron chi connectivity index (χ2n) is 5.78. The third-order valence-corrected chi connectivity index (χ3v) is 3.97. The van der Waals surface area contributed by atoms with Crippen LogP contribution in [-0.4, -0.2) is 24.1 Å². The number of methoxy groups -OCH3 is 1. The summed E-state index contributed by atoms with van der Waals surface area (Å²) in [5.74, 6) is -0.904. The molecule has 0 heterocycles. The lowest BCUT2D eigenvalue weighted by Gasteiger charge is -2.12. The first kappa shape index (κ1) is 17.5. The molecule has 0 aliphatic carbocycles. The Kier molecular flexibility index (Phi) is 5.24. The van der Waals surface area contributed by atoms with Crippen molar-refractivity contribution in [1.82, 2.24) is 0 Å². The number of carbonyl (C=O) groups is 2. The summed E-state index contributed by atoms with van der Waals surface area (Å²) in [5.41, 5.74) is 3.65. The van der Waals surface area contributed by atoms with Crippen molar-refractivity contribution in [2.45, 2.75) is 26.7 Å². The third kappa shape index (κ3) is 3.74. The lowest BCUT2D eigenvalue weighted by molar-refractivity contribution is -0.138. The number of nitrogens with one attached hydrogen (secondary N) is 1. The monoisotopic (exact) mass is 327 g/mol. The molecule has 0 saturated heterocycles. The van der Waals surface area contributed by atoms with E-state index >= 15 is 0 Å². The van der Waals surface area contributed by atoms with E-state index in [4.69, 9.17) is 9.84 Å². The molecule has 2 aromatic carbocycles. The molecule has 1 unspecified atom stereocenters. The van der Waals surface area contributed by atoms with E-state index in [1.165, 1.54) is 0 Å². The molecular formula is C19H21NO4. The van der Waals surface area contributed by atoms with Crippen LogP contribution in [-0.2, 0) is 4.79 Å². The SMILES string of the molecule is COc1c(C)cc(C(=O)Nc2ccc(C(C)C(=O)O)cc2)cc1C. The maximum atomic E-state index is 12.4. The Morgan fingerprint density at radius 1 is 1.08 bits per heavy atom. The predicted molar refractivity (Wildman–Crippen MR) is 92.9 cm³/mol. The van der Waals surface area contributed by atoms with E-state index in [2.05, 4.69) is 5.32 Å². The number of anilines is 1. The highest BCUT2D eigenvalue weighted by molar-refractivity contribution is 6.04. The number of hydrogen-bond donors (Lipinski definition) is 2. The van der Waals surface area contributed by atoms with E-state index in [1.807, 2.05) is 13.8 Å². The minimum Gasteiger partial charge on any atom is -0.496 e. The van der Waals surface area contributed by atoms with E-state index in [1.54, 1.807) is 50.4 Å². The molecule has 5 heteroatoms. The van der Waals surface area contributed by atoms with Crippen LogP contribution >= 0.6 is 0 Å². The van der Waals surface area contributed by atoms with Crippen molar-refractivity contribution in [3.05, 3.63) is 58.7 Å². The van der Waals surface area contributed by atoms with Gasteiger partial charge in [0.1, 0.15) is 5.75 Å². The predicted octanol–water partition coefficient (Wildman–Crippen LogP) is 3.75. The smallest absolute Gasteiger partial charge is 0.310 e. The Bertz CT molecular complexity index is 742. The number of aliphatic carboxylic acids is 1. The molecular weight excluding hydrogens is 306 g/mol. The zero-order valence-electron chi connectivity index (χ0n) is 14.2. The summed E-state index contributed by atoms with van der Waals surface area (Å²) < 4.78 is 5.30. The largest absolute Gasteiger partial charge is 0.496 e. The van der Waals surface area contributed by atoms with Gasteiger partial charge in [0.2, 0.25) is 0 Å². The molecule has 1 amide bonds.